The summed E-state index contributed by atoms with van der Waals surface area (Å²) >= 11 is 0. The summed E-state index contributed by atoms with van der Waals surface area (Å²) < 4.78 is 5.18. The van der Waals surface area contributed by atoms with Crippen LogP contribution in [0.15, 0.2) is 16.5 Å². The summed E-state index contributed by atoms with van der Waals surface area (Å²) in [5.41, 5.74) is 0. The average Bonchev–Trinajstić information content (AvgIpc) is 3.07. The third kappa shape index (κ3) is 3.57. The largest absolute Gasteiger partial charge is 0.433 e. The van der Waals surface area contributed by atoms with Crippen LogP contribution in [0.1, 0.15) is 74.8 Å². The Hall–Kier alpha value is -1.85. The van der Waals surface area contributed by atoms with Gasteiger partial charge in [0.15, 0.2) is 5.76 Å². The SMILES string of the molecule is O=C(c1ccc([N+](=O)[O-])o1)N(C1CCCCC1)C1CCCCC1. The van der Waals surface area contributed by atoms with Crippen molar-refractivity contribution in [3.05, 3.63) is 28.0 Å². The maximum Gasteiger partial charge on any atom is 0.433 e. The fourth-order valence-electron chi connectivity index (χ4n) is 4.02. The second kappa shape index (κ2) is 7.15. The van der Waals surface area contributed by atoms with Crippen molar-refractivity contribution >= 4 is 11.8 Å². The summed E-state index contributed by atoms with van der Waals surface area (Å²) in [5.74, 6) is -0.426. The molecule has 0 saturated heterocycles. The minimum atomic E-state index is -0.595. The number of hydrogen-bond donors (Lipinski definition) is 0. The standard InChI is InChI=1S/C17H24N2O4/c20-17(15-11-12-16(23-15)19(21)22)18(13-7-3-1-4-8-13)14-9-5-2-6-10-14/h11-14H,1-10H2. The van der Waals surface area contributed by atoms with Crippen molar-refractivity contribution in [2.75, 3.05) is 0 Å². The van der Waals surface area contributed by atoms with Crippen LogP contribution in [0.5, 0.6) is 0 Å². The van der Waals surface area contributed by atoms with Crippen LogP contribution in [0.25, 0.3) is 0 Å². The van der Waals surface area contributed by atoms with Gasteiger partial charge in [0.25, 0.3) is 5.91 Å². The molecule has 6 nitrogen and oxygen atoms in total. The molecule has 6 heteroatoms. The quantitative estimate of drug-likeness (QED) is 0.612. The summed E-state index contributed by atoms with van der Waals surface area (Å²) in [7, 11) is 0. The average molecular weight is 320 g/mol. The zero-order valence-corrected chi connectivity index (χ0v) is 13.4. The number of amides is 1. The van der Waals surface area contributed by atoms with Gasteiger partial charge >= 0.3 is 5.88 Å². The molecular formula is C17H24N2O4. The highest BCUT2D eigenvalue weighted by molar-refractivity contribution is 5.92. The molecule has 0 radical (unpaired) electrons. The fourth-order valence-corrected chi connectivity index (χ4v) is 4.02. The topological polar surface area (TPSA) is 76.6 Å². The van der Waals surface area contributed by atoms with E-state index < -0.39 is 4.92 Å². The number of carbonyl (C=O) groups excluding carboxylic acids is 1. The maximum atomic E-state index is 13.0. The Bertz CT molecular complexity index is 539. The summed E-state index contributed by atoms with van der Waals surface area (Å²) in [5, 5.41) is 10.8. The van der Waals surface area contributed by atoms with Crippen LogP contribution in [-0.2, 0) is 0 Å². The third-order valence-electron chi connectivity index (χ3n) is 5.15. The molecule has 1 heterocycles. The molecule has 0 bridgehead atoms. The first-order chi connectivity index (χ1) is 11.2. The summed E-state index contributed by atoms with van der Waals surface area (Å²) in [6.07, 6.45) is 11.2. The lowest BCUT2D eigenvalue weighted by Gasteiger charge is -2.41. The number of rotatable bonds is 4. The van der Waals surface area contributed by atoms with Crippen molar-refractivity contribution in [3.8, 4) is 0 Å². The second-order valence-electron chi connectivity index (χ2n) is 6.69. The van der Waals surface area contributed by atoms with Gasteiger partial charge in [0.2, 0.25) is 0 Å². The van der Waals surface area contributed by atoms with Crippen LogP contribution < -0.4 is 0 Å². The van der Waals surface area contributed by atoms with Gasteiger partial charge in [-0.15, -0.1) is 0 Å². The summed E-state index contributed by atoms with van der Waals surface area (Å²) in [6, 6.07) is 3.22. The zero-order valence-electron chi connectivity index (χ0n) is 13.4. The lowest BCUT2D eigenvalue weighted by atomic mass is 9.88. The molecule has 2 aliphatic rings. The van der Waals surface area contributed by atoms with Crippen molar-refractivity contribution in [1.29, 1.82) is 0 Å². The first-order valence-corrected chi connectivity index (χ1v) is 8.73. The van der Waals surface area contributed by atoms with Gasteiger partial charge in [0.1, 0.15) is 4.92 Å². The van der Waals surface area contributed by atoms with E-state index in [4.69, 9.17) is 4.42 Å². The maximum absolute atomic E-state index is 13.0. The van der Waals surface area contributed by atoms with Crippen molar-refractivity contribution in [3.63, 3.8) is 0 Å². The molecule has 2 fully saturated rings. The van der Waals surface area contributed by atoms with Crippen molar-refractivity contribution < 1.29 is 14.1 Å². The van der Waals surface area contributed by atoms with Crippen molar-refractivity contribution in [2.45, 2.75) is 76.3 Å². The molecule has 1 amide bonds. The zero-order chi connectivity index (χ0) is 16.2. The van der Waals surface area contributed by atoms with Gasteiger partial charge in [-0.3, -0.25) is 14.9 Å². The summed E-state index contributed by atoms with van der Waals surface area (Å²) in [4.78, 5) is 25.2. The van der Waals surface area contributed by atoms with Crippen molar-refractivity contribution in [2.24, 2.45) is 0 Å². The van der Waals surface area contributed by atoms with Gasteiger partial charge < -0.3 is 9.32 Å². The Morgan fingerprint density at radius 3 is 1.96 bits per heavy atom. The number of furan rings is 1. The monoisotopic (exact) mass is 320 g/mol. The van der Waals surface area contributed by atoms with E-state index in [0.29, 0.717) is 0 Å². The number of hydrogen-bond acceptors (Lipinski definition) is 4. The van der Waals surface area contributed by atoms with Crippen LogP contribution in [0.4, 0.5) is 5.88 Å². The molecule has 0 aliphatic heterocycles. The molecule has 23 heavy (non-hydrogen) atoms. The van der Waals surface area contributed by atoms with Crippen LogP contribution in [0, 0.1) is 10.1 Å². The van der Waals surface area contributed by atoms with Gasteiger partial charge in [-0.1, -0.05) is 38.5 Å². The van der Waals surface area contributed by atoms with Gasteiger partial charge in [-0.2, -0.15) is 0 Å². The van der Waals surface area contributed by atoms with Crippen LogP contribution >= 0.6 is 0 Å². The number of nitro groups is 1. The number of carbonyl (C=O) groups is 1. The molecule has 2 aliphatic carbocycles. The molecular weight excluding hydrogens is 296 g/mol. The smallest absolute Gasteiger partial charge is 0.395 e. The van der Waals surface area contributed by atoms with E-state index in [1.54, 1.807) is 0 Å². The molecule has 2 saturated carbocycles. The molecule has 1 aromatic rings. The van der Waals surface area contributed by atoms with E-state index in [1.807, 2.05) is 4.90 Å². The second-order valence-corrected chi connectivity index (χ2v) is 6.69. The van der Waals surface area contributed by atoms with E-state index in [1.165, 1.54) is 25.0 Å². The predicted octanol–water partition coefficient (Wildman–Crippen LogP) is 4.30. The van der Waals surface area contributed by atoms with Crippen LogP contribution in [0.3, 0.4) is 0 Å². The Morgan fingerprint density at radius 2 is 1.52 bits per heavy atom. The van der Waals surface area contributed by atoms with E-state index in [2.05, 4.69) is 0 Å². The van der Waals surface area contributed by atoms with Gasteiger partial charge in [-0.25, -0.2) is 0 Å². The van der Waals surface area contributed by atoms with Crippen LogP contribution in [0.2, 0.25) is 0 Å². The highest BCUT2D eigenvalue weighted by atomic mass is 16.6. The molecule has 0 unspecified atom stereocenters. The molecule has 3 rings (SSSR count). The fraction of sp³-hybridized carbons (Fsp3) is 0.706. The van der Waals surface area contributed by atoms with Gasteiger partial charge in [0, 0.05) is 12.1 Å². The number of nitrogens with zero attached hydrogens (tertiary/aromatic N) is 2. The van der Waals surface area contributed by atoms with Gasteiger partial charge in [-0.05, 0) is 31.7 Å². The highest BCUT2D eigenvalue weighted by Crippen LogP contribution is 2.32. The predicted molar refractivity (Wildman–Crippen MR) is 85.3 cm³/mol. The normalized spacial score (nSPS) is 20.3. The Morgan fingerprint density at radius 1 is 1.00 bits per heavy atom. The Balaban J connectivity index is 1.82. The minimum absolute atomic E-state index is 0.104. The molecule has 1 aromatic heterocycles. The third-order valence-corrected chi connectivity index (χ3v) is 5.15. The Labute approximate surface area is 136 Å². The first-order valence-electron chi connectivity index (χ1n) is 8.73. The molecule has 126 valence electrons. The van der Waals surface area contributed by atoms with E-state index in [9.17, 15) is 14.9 Å². The summed E-state index contributed by atoms with van der Waals surface area (Å²) in [6.45, 7) is 0. The molecule has 0 N–H and O–H groups in total. The minimum Gasteiger partial charge on any atom is -0.395 e. The van der Waals surface area contributed by atoms with E-state index in [0.717, 1.165) is 51.4 Å². The van der Waals surface area contributed by atoms with E-state index >= 15 is 0 Å². The molecule has 0 aromatic carbocycles. The van der Waals surface area contributed by atoms with Crippen molar-refractivity contribution in [1.82, 2.24) is 4.90 Å². The van der Waals surface area contributed by atoms with Gasteiger partial charge in [0.05, 0.1) is 6.07 Å². The van der Waals surface area contributed by atoms with Crippen LogP contribution in [-0.4, -0.2) is 27.8 Å². The lowest BCUT2D eigenvalue weighted by molar-refractivity contribution is -0.402. The molecule has 0 spiro atoms. The first kappa shape index (κ1) is 16.0. The highest BCUT2D eigenvalue weighted by Gasteiger charge is 2.34. The van der Waals surface area contributed by atoms with E-state index in [-0.39, 0.29) is 29.6 Å². The molecule has 0 atom stereocenters. The Kier molecular flexibility index (Phi) is 4.98. The lowest BCUT2D eigenvalue weighted by Crippen LogP contribution is -2.48.